The average Bonchev–Trinajstić information content (AvgIpc) is 3.18. The van der Waals surface area contributed by atoms with Crippen molar-refractivity contribution < 1.29 is 0 Å². The lowest BCUT2D eigenvalue weighted by Gasteiger charge is -2.34. The van der Waals surface area contributed by atoms with Crippen LogP contribution in [0.15, 0.2) is 42.7 Å². The Kier molecular flexibility index (Phi) is 4.81. The van der Waals surface area contributed by atoms with Crippen molar-refractivity contribution in [2.75, 3.05) is 58.3 Å². The van der Waals surface area contributed by atoms with Crippen LogP contribution in [0.25, 0.3) is 28.0 Å². The fourth-order valence-corrected chi connectivity index (χ4v) is 4.20. The smallest absolute Gasteiger partial charge is 0.156 e. The summed E-state index contributed by atoms with van der Waals surface area (Å²) < 4.78 is 0. The zero-order chi connectivity index (χ0) is 19.8. The van der Waals surface area contributed by atoms with Crippen LogP contribution in [0.4, 0.5) is 5.69 Å². The van der Waals surface area contributed by atoms with Crippen molar-refractivity contribution in [2.45, 2.75) is 6.42 Å². The highest BCUT2D eigenvalue weighted by molar-refractivity contribution is 5.89. The summed E-state index contributed by atoms with van der Waals surface area (Å²) in [5.41, 5.74) is 7.72. The topological polar surface area (TPSA) is 51.3 Å². The van der Waals surface area contributed by atoms with E-state index in [-0.39, 0.29) is 0 Å². The lowest BCUT2D eigenvalue weighted by atomic mass is 10.0. The van der Waals surface area contributed by atoms with Crippen molar-refractivity contribution in [2.24, 2.45) is 0 Å². The molecule has 29 heavy (non-hydrogen) atoms. The van der Waals surface area contributed by atoms with Gasteiger partial charge in [-0.2, -0.15) is 0 Å². The molecule has 0 spiro atoms. The van der Waals surface area contributed by atoms with E-state index in [1.54, 1.807) is 0 Å². The van der Waals surface area contributed by atoms with E-state index in [2.05, 4.69) is 75.3 Å². The summed E-state index contributed by atoms with van der Waals surface area (Å²) in [6, 6.07) is 8.77. The molecule has 0 saturated carbocycles. The maximum absolute atomic E-state index is 4.98. The van der Waals surface area contributed by atoms with Gasteiger partial charge in [0.05, 0.1) is 11.9 Å². The fourth-order valence-electron chi connectivity index (χ4n) is 4.20. The molecule has 4 heterocycles. The first-order chi connectivity index (χ1) is 14.2. The fraction of sp³-hybridized carbons (Fsp3) is 0.391. The number of benzene rings is 1. The second kappa shape index (κ2) is 7.61. The Balaban J connectivity index is 1.42. The minimum atomic E-state index is 0.859. The average molecular weight is 389 g/mol. The predicted molar refractivity (Wildman–Crippen MR) is 119 cm³/mol. The normalized spacial score (nSPS) is 19.0. The Bertz CT molecular complexity index is 1030. The van der Waals surface area contributed by atoms with Crippen LogP contribution >= 0.6 is 0 Å². The van der Waals surface area contributed by atoms with Gasteiger partial charge >= 0.3 is 0 Å². The van der Waals surface area contributed by atoms with E-state index in [0.717, 1.165) is 68.1 Å². The number of hydrogen-bond acceptors (Lipinski definition) is 5. The van der Waals surface area contributed by atoms with E-state index in [4.69, 9.17) is 4.98 Å². The molecule has 150 valence electrons. The van der Waals surface area contributed by atoms with Gasteiger partial charge in [-0.3, -0.25) is 0 Å². The second-order valence-electron chi connectivity index (χ2n) is 8.23. The molecule has 1 fully saturated rings. The van der Waals surface area contributed by atoms with E-state index in [1.165, 1.54) is 16.8 Å². The molecular formula is C23H28N6. The SMILES string of the molecule is CN1CC=C(c2c[nH]c3ncc(-c4ccc(N5CCN(C)CC5)cc4)nc23)CC1. The first-order valence-corrected chi connectivity index (χ1v) is 10.4. The Hall–Kier alpha value is -2.70. The van der Waals surface area contributed by atoms with Crippen LogP contribution in [0.1, 0.15) is 12.0 Å². The van der Waals surface area contributed by atoms with E-state index in [0.29, 0.717) is 0 Å². The number of fused-ring (bicyclic) bond motifs is 1. The molecule has 1 saturated heterocycles. The molecule has 1 N–H and O–H groups in total. The Morgan fingerprint density at radius 2 is 1.72 bits per heavy atom. The highest BCUT2D eigenvalue weighted by Crippen LogP contribution is 2.29. The number of H-pyrrole nitrogens is 1. The Morgan fingerprint density at radius 1 is 0.931 bits per heavy atom. The molecule has 6 heteroatoms. The molecule has 6 nitrogen and oxygen atoms in total. The van der Waals surface area contributed by atoms with Gasteiger partial charge in [0.25, 0.3) is 0 Å². The molecule has 2 aliphatic rings. The van der Waals surface area contributed by atoms with Gasteiger partial charge in [0.15, 0.2) is 5.65 Å². The zero-order valence-electron chi connectivity index (χ0n) is 17.2. The van der Waals surface area contributed by atoms with Gasteiger partial charge < -0.3 is 19.7 Å². The summed E-state index contributed by atoms with van der Waals surface area (Å²) >= 11 is 0. The van der Waals surface area contributed by atoms with Gasteiger partial charge in [0.1, 0.15) is 5.52 Å². The van der Waals surface area contributed by atoms with Crippen LogP contribution in [0.3, 0.4) is 0 Å². The monoisotopic (exact) mass is 388 g/mol. The number of rotatable bonds is 3. The molecule has 0 bridgehead atoms. The van der Waals surface area contributed by atoms with Crippen LogP contribution in [-0.4, -0.2) is 78.1 Å². The molecule has 2 aromatic heterocycles. The van der Waals surface area contributed by atoms with Crippen LogP contribution < -0.4 is 4.90 Å². The second-order valence-corrected chi connectivity index (χ2v) is 8.23. The minimum absolute atomic E-state index is 0.859. The summed E-state index contributed by atoms with van der Waals surface area (Å²) in [6.45, 7) is 6.47. The number of nitrogens with zero attached hydrogens (tertiary/aromatic N) is 5. The molecular weight excluding hydrogens is 360 g/mol. The lowest BCUT2D eigenvalue weighted by molar-refractivity contribution is 0.313. The minimum Gasteiger partial charge on any atom is -0.369 e. The number of piperazine rings is 1. The third kappa shape index (κ3) is 3.66. The number of aromatic amines is 1. The molecule has 0 radical (unpaired) electrons. The molecule has 0 aliphatic carbocycles. The van der Waals surface area contributed by atoms with E-state index in [9.17, 15) is 0 Å². The van der Waals surface area contributed by atoms with Crippen LogP contribution in [0.5, 0.6) is 0 Å². The number of aromatic nitrogens is 3. The summed E-state index contributed by atoms with van der Waals surface area (Å²) in [4.78, 5) is 20.1. The first-order valence-electron chi connectivity index (χ1n) is 10.4. The number of anilines is 1. The van der Waals surface area contributed by atoms with Gasteiger partial charge in [0, 0.05) is 62.3 Å². The van der Waals surface area contributed by atoms with Gasteiger partial charge in [-0.05, 0) is 38.2 Å². The lowest BCUT2D eigenvalue weighted by Crippen LogP contribution is -2.44. The van der Waals surface area contributed by atoms with Gasteiger partial charge in [-0.15, -0.1) is 0 Å². The summed E-state index contributed by atoms with van der Waals surface area (Å²) in [5.74, 6) is 0. The summed E-state index contributed by atoms with van der Waals surface area (Å²) in [7, 11) is 4.35. The van der Waals surface area contributed by atoms with E-state index < -0.39 is 0 Å². The van der Waals surface area contributed by atoms with Crippen molar-refractivity contribution in [1.82, 2.24) is 24.8 Å². The van der Waals surface area contributed by atoms with Crippen molar-refractivity contribution in [1.29, 1.82) is 0 Å². The molecule has 0 atom stereocenters. The van der Waals surface area contributed by atoms with Crippen molar-refractivity contribution in [3.8, 4) is 11.3 Å². The van der Waals surface area contributed by atoms with Crippen LogP contribution in [0.2, 0.25) is 0 Å². The quantitative estimate of drug-likeness (QED) is 0.747. The van der Waals surface area contributed by atoms with Crippen molar-refractivity contribution in [3.63, 3.8) is 0 Å². The van der Waals surface area contributed by atoms with E-state index in [1.807, 2.05) is 6.20 Å². The zero-order valence-corrected chi connectivity index (χ0v) is 17.2. The molecule has 0 unspecified atom stereocenters. The number of likely N-dealkylation sites (N-methyl/N-ethyl adjacent to an activating group) is 2. The maximum atomic E-state index is 4.98. The summed E-state index contributed by atoms with van der Waals surface area (Å²) in [5, 5.41) is 0. The third-order valence-electron chi connectivity index (χ3n) is 6.17. The molecule has 0 amide bonds. The Morgan fingerprint density at radius 3 is 2.45 bits per heavy atom. The maximum Gasteiger partial charge on any atom is 0.156 e. The number of nitrogens with one attached hydrogen (secondary N) is 1. The van der Waals surface area contributed by atoms with Gasteiger partial charge in [-0.1, -0.05) is 18.2 Å². The highest BCUT2D eigenvalue weighted by Gasteiger charge is 2.17. The largest absolute Gasteiger partial charge is 0.369 e. The first kappa shape index (κ1) is 18.3. The molecule has 3 aromatic rings. The van der Waals surface area contributed by atoms with Crippen LogP contribution in [-0.2, 0) is 0 Å². The highest BCUT2D eigenvalue weighted by atomic mass is 15.2. The molecule has 1 aromatic carbocycles. The van der Waals surface area contributed by atoms with Gasteiger partial charge in [0.2, 0.25) is 0 Å². The molecule has 2 aliphatic heterocycles. The predicted octanol–water partition coefficient (Wildman–Crippen LogP) is 3.10. The summed E-state index contributed by atoms with van der Waals surface area (Å²) in [6.07, 6.45) is 7.29. The van der Waals surface area contributed by atoms with E-state index >= 15 is 0 Å². The van der Waals surface area contributed by atoms with Crippen molar-refractivity contribution >= 4 is 22.4 Å². The van der Waals surface area contributed by atoms with Gasteiger partial charge in [-0.25, -0.2) is 9.97 Å². The Labute approximate surface area is 171 Å². The van der Waals surface area contributed by atoms with Crippen LogP contribution in [0, 0.1) is 0 Å². The molecule has 5 rings (SSSR count). The van der Waals surface area contributed by atoms with Crippen molar-refractivity contribution in [3.05, 3.63) is 48.3 Å². The number of hydrogen-bond donors (Lipinski definition) is 1. The standard InChI is InChI=1S/C23H28N6/c1-27-9-7-17(8-10-27)20-15-24-23-22(20)26-21(16-25-23)18-3-5-19(6-4-18)29-13-11-28(2)12-14-29/h3-7,15-16H,8-14H2,1-2H3,(H,24,25). The third-order valence-corrected chi connectivity index (χ3v) is 6.17.